The van der Waals surface area contributed by atoms with Gasteiger partial charge in [0.2, 0.25) is 0 Å². The fraction of sp³-hybridized carbons (Fsp3) is 0.455. The van der Waals surface area contributed by atoms with E-state index in [2.05, 4.69) is 15.9 Å². The smallest absolute Gasteiger partial charge is 0.137 e. The van der Waals surface area contributed by atoms with Crippen molar-refractivity contribution in [2.24, 2.45) is 5.73 Å². The van der Waals surface area contributed by atoms with Gasteiger partial charge in [-0.2, -0.15) is 0 Å². The lowest BCUT2D eigenvalue weighted by Crippen LogP contribution is -2.01. The van der Waals surface area contributed by atoms with Gasteiger partial charge in [-0.3, -0.25) is 0 Å². The van der Waals surface area contributed by atoms with Crippen LogP contribution in [-0.2, 0) is 6.42 Å². The number of benzene rings is 1. The molecule has 2 N–H and O–H groups in total. The molecule has 84 valence electrons. The highest BCUT2D eigenvalue weighted by Gasteiger charge is 2.09. The van der Waals surface area contributed by atoms with Gasteiger partial charge in [0.05, 0.1) is 14.2 Å². The fourth-order valence-electron chi connectivity index (χ4n) is 1.37. The molecular weight excluding hydrogens is 258 g/mol. The minimum absolute atomic E-state index is 0.695. The Morgan fingerprint density at radius 1 is 1.20 bits per heavy atom. The molecule has 0 saturated heterocycles. The molecular formula is C11H16BrNO2. The molecule has 0 bridgehead atoms. The molecule has 0 heterocycles. The standard InChI is InChI=1S/C11H16BrNO2/c1-14-9-6-8(4-3-5-13)7-10(15-2)11(9)12/h6-7H,3-5,13H2,1-2H3. The molecule has 1 rings (SSSR count). The van der Waals surface area contributed by atoms with E-state index in [4.69, 9.17) is 15.2 Å². The van der Waals surface area contributed by atoms with Crippen molar-refractivity contribution >= 4 is 15.9 Å². The van der Waals surface area contributed by atoms with Crippen molar-refractivity contribution in [3.05, 3.63) is 22.2 Å². The van der Waals surface area contributed by atoms with Crippen LogP contribution < -0.4 is 15.2 Å². The van der Waals surface area contributed by atoms with E-state index in [1.807, 2.05) is 12.1 Å². The summed E-state index contributed by atoms with van der Waals surface area (Å²) in [5, 5.41) is 0. The third-order valence-electron chi connectivity index (χ3n) is 2.18. The summed E-state index contributed by atoms with van der Waals surface area (Å²) >= 11 is 3.43. The molecule has 0 aliphatic rings. The van der Waals surface area contributed by atoms with E-state index < -0.39 is 0 Å². The van der Waals surface area contributed by atoms with Crippen molar-refractivity contribution in [2.45, 2.75) is 12.8 Å². The highest BCUT2D eigenvalue weighted by Crippen LogP contribution is 2.35. The average molecular weight is 274 g/mol. The molecule has 0 radical (unpaired) electrons. The van der Waals surface area contributed by atoms with Crippen LogP contribution in [0.15, 0.2) is 16.6 Å². The van der Waals surface area contributed by atoms with Crippen LogP contribution in [0.25, 0.3) is 0 Å². The van der Waals surface area contributed by atoms with E-state index in [0.717, 1.165) is 28.8 Å². The Kier molecular flexibility index (Phi) is 4.91. The summed E-state index contributed by atoms with van der Waals surface area (Å²) in [6.07, 6.45) is 1.91. The van der Waals surface area contributed by atoms with Crippen molar-refractivity contribution in [3.63, 3.8) is 0 Å². The second-order valence-electron chi connectivity index (χ2n) is 3.21. The van der Waals surface area contributed by atoms with Crippen molar-refractivity contribution in [1.29, 1.82) is 0 Å². The molecule has 0 spiro atoms. The largest absolute Gasteiger partial charge is 0.495 e. The van der Waals surface area contributed by atoms with Gasteiger partial charge in [0.1, 0.15) is 16.0 Å². The number of halogens is 1. The number of rotatable bonds is 5. The van der Waals surface area contributed by atoms with Crippen LogP contribution in [0.2, 0.25) is 0 Å². The number of nitrogens with two attached hydrogens (primary N) is 1. The first-order valence-corrected chi connectivity index (χ1v) is 5.62. The minimum Gasteiger partial charge on any atom is -0.495 e. The third kappa shape index (κ3) is 3.11. The lowest BCUT2D eigenvalue weighted by Gasteiger charge is -2.11. The zero-order valence-corrected chi connectivity index (χ0v) is 10.6. The zero-order valence-electron chi connectivity index (χ0n) is 9.05. The monoisotopic (exact) mass is 273 g/mol. The number of ether oxygens (including phenoxy) is 2. The van der Waals surface area contributed by atoms with E-state index in [1.54, 1.807) is 14.2 Å². The van der Waals surface area contributed by atoms with E-state index in [0.29, 0.717) is 6.54 Å². The summed E-state index contributed by atoms with van der Waals surface area (Å²) in [7, 11) is 3.29. The van der Waals surface area contributed by atoms with Gasteiger partial charge in [0, 0.05) is 0 Å². The Hall–Kier alpha value is -0.740. The van der Waals surface area contributed by atoms with Gasteiger partial charge in [0.25, 0.3) is 0 Å². The lowest BCUT2D eigenvalue weighted by molar-refractivity contribution is 0.388. The summed E-state index contributed by atoms with van der Waals surface area (Å²) in [5.74, 6) is 1.59. The summed E-state index contributed by atoms with van der Waals surface area (Å²) in [6.45, 7) is 0.695. The quantitative estimate of drug-likeness (QED) is 0.896. The van der Waals surface area contributed by atoms with E-state index >= 15 is 0 Å². The Morgan fingerprint density at radius 2 is 1.73 bits per heavy atom. The Morgan fingerprint density at radius 3 is 2.13 bits per heavy atom. The lowest BCUT2D eigenvalue weighted by atomic mass is 10.1. The summed E-state index contributed by atoms with van der Waals surface area (Å²) in [5.41, 5.74) is 6.65. The molecule has 0 aromatic heterocycles. The van der Waals surface area contributed by atoms with Crippen LogP contribution in [0.1, 0.15) is 12.0 Å². The highest BCUT2D eigenvalue weighted by atomic mass is 79.9. The van der Waals surface area contributed by atoms with E-state index in [-0.39, 0.29) is 0 Å². The Balaban J connectivity index is 2.98. The molecule has 3 nitrogen and oxygen atoms in total. The van der Waals surface area contributed by atoms with Gasteiger partial charge in [0.15, 0.2) is 0 Å². The second-order valence-corrected chi connectivity index (χ2v) is 4.00. The number of aryl methyl sites for hydroxylation is 1. The van der Waals surface area contributed by atoms with E-state index in [1.165, 1.54) is 5.56 Å². The Labute approximate surface area is 98.7 Å². The number of hydrogen-bond acceptors (Lipinski definition) is 3. The van der Waals surface area contributed by atoms with E-state index in [9.17, 15) is 0 Å². The average Bonchev–Trinajstić information content (AvgIpc) is 2.27. The molecule has 15 heavy (non-hydrogen) atoms. The van der Waals surface area contributed by atoms with Crippen molar-refractivity contribution in [1.82, 2.24) is 0 Å². The van der Waals surface area contributed by atoms with Crippen LogP contribution in [0.5, 0.6) is 11.5 Å². The predicted octanol–water partition coefficient (Wildman–Crippen LogP) is 2.36. The molecule has 0 amide bonds. The first-order chi connectivity index (χ1) is 7.22. The van der Waals surface area contributed by atoms with Crippen LogP contribution >= 0.6 is 15.9 Å². The molecule has 1 aromatic rings. The van der Waals surface area contributed by atoms with Crippen molar-refractivity contribution in [2.75, 3.05) is 20.8 Å². The molecule has 0 fully saturated rings. The van der Waals surface area contributed by atoms with Gasteiger partial charge in [-0.15, -0.1) is 0 Å². The first kappa shape index (κ1) is 12.3. The van der Waals surface area contributed by atoms with Crippen LogP contribution in [0.3, 0.4) is 0 Å². The van der Waals surface area contributed by atoms with Gasteiger partial charge in [-0.1, -0.05) is 0 Å². The zero-order chi connectivity index (χ0) is 11.3. The van der Waals surface area contributed by atoms with Crippen LogP contribution in [0.4, 0.5) is 0 Å². The topological polar surface area (TPSA) is 44.5 Å². The van der Waals surface area contributed by atoms with Crippen LogP contribution in [-0.4, -0.2) is 20.8 Å². The van der Waals surface area contributed by atoms with Crippen LogP contribution in [0, 0.1) is 0 Å². The number of hydrogen-bond donors (Lipinski definition) is 1. The summed E-state index contributed by atoms with van der Waals surface area (Å²) in [6, 6.07) is 4.00. The molecule has 1 aromatic carbocycles. The Bertz CT molecular complexity index is 303. The normalized spacial score (nSPS) is 10.1. The third-order valence-corrected chi connectivity index (χ3v) is 2.96. The molecule has 0 aliphatic heterocycles. The first-order valence-electron chi connectivity index (χ1n) is 4.83. The van der Waals surface area contributed by atoms with Gasteiger partial charge < -0.3 is 15.2 Å². The number of methoxy groups -OCH3 is 2. The molecule has 0 saturated carbocycles. The van der Waals surface area contributed by atoms with Gasteiger partial charge in [-0.05, 0) is 53.0 Å². The van der Waals surface area contributed by atoms with Gasteiger partial charge in [-0.25, -0.2) is 0 Å². The maximum atomic E-state index is 5.48. The van der Waals surface area contributed by atoms with Gasteiger partial charge >= 0.3 is 0 Å². The highest BCUT2D eigenvalue weighted by molar-refractivity contribution is 9.10. The van der Waals surface area contributed by atoms with Crippen molar-refractivity contribution < 1.29 is 9.47 Å². The SMILES string of the molecule is COc1cc(CCCN)cc(OC)c1Br. The van der Waals surface area contributed by atoms with Crippen molar-refractivity contribution in [3.8, 4) is 11.5 Å². The second kappa shape index (κ2) is 5.98. The predicted molar refractivity (Wildman–Crippen MR) is 64.6 cm³/mol. The minimum atomic E-state index is 0.695. The summed E-state index contributed by atoms with van der Waals surface area (Å²) in [4.78, 5) is 0. The maximum absolute atomic E-state index is 5.48. The fourth-order valence-corrected chi connectivity index (χ4v) is 1.93. The maximum Gasteiger partial charge on any atom is 0.137 e. The molecule has 0 atom stereocenters. The molecule has 4 heteroatoms. The molecule has 0 aliphatic carbocycles. The molecule has 0 unspecified atom stereocenters. The summed E-state index contributed by atoms with van der Waals surface area (Å²) < 4.78 is 11.4.